The zero-order valence-electron chi connectivity index (χ0n) is 21.7. The number of fused-ring (bicyclic) bond motifs is 1. The van der Waals surface area contributed by atoms with Crippen LogP contribution in [0.15, 0.2) is 52.5 Å². The fraction of sp³-hybridized carbons (Fsp3) is 0.370. The maximum Gasteiger partial charge on any atom is 0.416 e. The molecular weight excluding hydrogens is 572 g/mol. The van der Waals surface area contributed by atoms with E-state index in [2.05, 4.69) is 15.0 Å². The van der Waals surface area contributed by atoms with E-state index in [4.69, 9.17) is 0 Å². The van der Waals surface area contributed by atoms with Crippen molar-refractivity contribution in [3.63, 3.8) is 0 Å². The van der Waals surface area contributed by atoms with Gasteiger partial charge in [0.25, 0.3) is 5.91 Å². The molecule has 2 aromatic carbocycles. The predicted molar refractivity (Wildman–Crippen MR) is 143 cm³/mol. The van der Waals surface area contributed by atoms with Crippen LogP contribution in [0.25, 0.3) is 17.0 Å². The van der Waals surface area contributed by atoms with Crippen molar-refractivity contribution in [3.8, 4) is 0 Å². The number of halogens is 6. The van der Waals surface area contributed by atoms with Gasteiger partial charge in [0.2, 0.25) is 0 Å². The molecule has 1 saturated heterocycles. The van der Waals surface area contributed by atoms with Crippen LogP contribution in [0.1, 0.15) is 28.7 Å². The van der Waals surface area contributed by atoms with Gasteiger partial charge in [0.15, 0.2) is 5.17 Å². The minimum atomic E-state index is -4.98. The molecule has 0 aliphatic carbocycles. The molecule has 0 saturated carbocycles. The summed E-state index contributed by atoms with van der Waals surface area (Å²) < 4.78 is 81.2. The Kier molecular flexibility index (Phi) is 7.92. The number of carbonyl (C=O) groups is 1. The summed E-state index contributed by atoms with van der Waals surface area (Å²) in [5.74, 6) is -0.375. The number of benzene rings is 2. The molecule has 5 rings (SSSR count). The van der Waals surface area contributed by atoms with Crippen LogP contribution in [0.5, 0.6) is 0 Å². The molecule has 1 amide bonds. The molecule has 0 spiro atoms. The van der Waals surface area contributed by atoms with E-state index in [1.165, 1.54) is 22.6 Å². The number of aromatic nitrogens is 2. The first-order chi connectivity index (χ1) is 19.3. The maximum absolute atomic E-state index is 13.6. The first kappa shape index (κ1) is 29.1. The van der Waals surface area contributed by atoms with Gasteiger partial charge in [-0.25, -0.2) is 0 Å². The zero-order valence-corrected chi connectivity index (χ0v) is 22.5. The number of alkyl halides is 6. The van der Waals surface area contributed by atoms with E-state index in [-0.39, 0.29) is 36.7 Å². The largest absolute Gasteiger partial charge is 0.416 e. The van der Waals surface area contributed by atoms with Crippen molar-refractivity contribution in [2.24, 2.45) is 4.99 Å². The fourth-order valence-electron chi connectivity index (χ4n) is 4.90. The Morgan fingerprint density at radius 1 is 1.07 bits per heavy atom. The summed E-state index contributed by atoms with van der Waals surface area (Å²) in [6.45, 7) is 1.80. The topological polar surface area (TPSA) is 74.0 Å². The van der Waals surface area contributed by atoms with Gasteiger partial charge in [-0.2, -0.15) is 36.4 Å². The van der Waals surface area contributed by atoms with E-state index in [0.717, 1.165) is 12.6 Å². The Bertz CT molecular complexity index is 1530. The summed E-state index contributed by atoms with van der Waals surface area (Å²) in [5, 5.41) is 14.7. The quantitative estimate of drug-likeness (QED) is 0.327. The molecule has 1 N–H and O–H groups in total. The van der Waals surface area contributed by atoms with Gasteiger partial charge in [-0.05, 0) is 66.7 Å². The molecule has 1 aromatic heterocycles. The summed E-state index contributed by atoms with van der Waals surface area (Å²) >= 11 is 1.26. The van der Waals surface area contributed by atoms with Gasteiger partial charge < -0.3 is 10.0 Å². The van der Waals surface area contributed by atoms with Crippen LogP contribution >= 0.6 is 11.8 Å². The predicted octanol–water partition coefficient (Wildman–Crippen LogP) is 5.09. The first-order valence-electron chi connectivity index (χ1n) is 12.6. The number of aliphatic hydroxyl groups is 1. The van der Waals surface area contributed by atoms with Crippen LogP contribution in [0, 0.1) is 0 Å². The monoisotopic (exact) mass is 597 g/mol. The molecule has 218 valence electrons. The first-order valence-corrected chi connectivity index (χ1v) is 13.5. The summed E-state index contributed by atoms with van der Waals surface area (Å²) in [7, 11) is 1.99. The molecule has 1 unspecified atom stereocenters. The van der Waals surface area contributed by atoms with Gasteiger partial charge in [-0.1, -0.05) is 12.1 Å². The Hall–Kier alpha value is -3.36. The Morgan fingerprint density at radius 2 is 1.85 bits per heavy atom. The fourth-order valence-corrected chi connectivity index (χ4v) is 5.85. The lowest BCUT2D eigenvalue weighted by molar-refractivity contribution is -0.143. The van der Waals surface area contributed by atoms with Gasteiger partial charge in [-0.15, -0.1) is 0 Å². The van der Waals surface area contributed by atoms with Crippen molar-refractivity contribution in [1.29, 1.82) is 0 Å². The van der Waals surface area contributed by atoms with Crippen molar-refractivity contribution in [3.05, 3.63) is 69.8 Å². The lowest BCUT2D eigenvalue weighted by Gasteiger charge is -2.39. The van der Waals surface area contributed by atoms with Crippen molar-refractivity contribution in [2.75, 3.05) is 33.3 Å². The Balaban J connectivity index is 1.34. The van der Waals surface area contributed by atoms with Crippen molar-refractivity contribution < 1.29 is 36.2 Å². The minimum Gasteiger partial charge on any atom is -0.396 e. The highest BCUT2D eigenvalue weighted by Gasteiger charge is 2.38. The van der Waals surface area contributed by atoms with Gasteiger partial charge >= 0.3 is 12.4 Å². The van der Waals surface area contributed by atoms with E-state index >= 15 is 0 Å². The normalized spacial score (nSPS) is 20.0. The van der Waals surface area contributed by atoms with Gasteiger partial charge in [0, 0.05) is 37.7 Å². The number of nitrogens with zero attached hydrogens (tertiary/aromatic N) is 5. The average molecular weight is 598 g/mol. The number of hydrogen-bond acceptors (Lipinski definition) is 6. The third kappa shape index (κ3) is 6.28. The maximum atomic E-state index is 13.6. The molecule has 41 heavy (non-hydrogen) atoms. The number of likely N-dealkylation sites (N-methyl/N-ethyl adjacent to an activating group) is 1. The molecule has 1 fully saturated rings. The van der Waals surface area contributed by atoms with E-state index < -0.39 is 23.5 Å². The summed E-state index contributed by atoms with van der Waals surface area (Å²) in [4.78, 5) is 21.5. The standard InChI is InChI=1S/C27H25F6N5O2S/c1-36-7-8-37(15-20(36)6-9-39)25-35-24(40)23(41-25)11-16-2-5-22-18(10-16)13-34-38(22)14-17-3-4-19(26(28,29)30)12-21(17)27(31,32)33/h2-5,10-13,20,39H,6-9,14-15H2,1H3/b23-11-. The SMILES string of the molecule is CN1CCN(C2=NC(=O)/C(=C/c3ccc4c(cnn4Cc4ccc(C(F)(F)F)cc4C(F)(F)F)c3)S2)CC1CCO. The molecule has 7 nitrogen and oxygen atoms in total. The number of rotatable bonds is 5. The Morgan fingerprint density at radius 3 is 2.56 bits per heavy atom. The van der Waals surface area contributed by atoms with Crippen LogP contribution < -0.4 is 0 Å². The van der Waals surface area contributed by atoms with E-state index in [9.17, 15) is 36.2 Å². The number of hydrogen-bond donors (Lipinski definition) is 1. The third-order valence-corrected chi connectivity index (χ3v) is 8.19. The second kappa shape index (κ2) is 11.1. The summed E-state index contributed by atoms with van der Waals surface area (Å²) in [5.41, 5.74) is -1.95. The number of piperazine rings is 1. The van der Waals surface area contributed by atoms with Crippen molar-refractivity contribution in [1.82, 2.24) is 19.6 Å². The number of aliphatic hydroxyl groups excluding tert-OH is 1. The van der Waals surface area contributed by atoms with Crippen LogP contribution in [-0.2, 0) is 23.7 Å². The van der Waals surface area contributed by atoms with E-state index in [1.807, 2.05) is 11.9 Å². The molecule has 0 radical (unpaired) electrons. The molecule has 14 heteroatoms. The summed E-state index contributed by atoms with van der Waals surface area (Å²) in [6.07, 6.45) is -6.13. The second-order valence-electron chi connectivity index (χ2n) is 9.89. The number of aliphatic imine (C=N–C) groups is 1. The lowest BCUT2D eigenvalue weighted by Crippen LogP contribution is -2.52. The zero-order chi connectivity index (χ0) is 29.5. The minimum absolute atomic E-state index is 0.0689. The molecule has 2 aliphatic rings. The third-order valence-electron chi connectivity index (χ3n) is 7.15. The average Bonchev–Trinajstić information content (AvgIpc) is 3.47. The molecule has 3 heterocycles. The van der Waals surface area contributed by atoms with Crippen LogP contribution in [0.2, 0.25) is 0 Å². The van der Waals surface area contributed by atoms with Crippen LogP contribution in [0.4, 0.5) is 26.3 Å². The Labute approximate surface area is 235 Å². The van der Waals surface area contributed by atoms with Crippen molar-refractivity contribution in [2.45, 2.75) is 31.4 Å². The molecule has 3 aromatic rings. The van der Waals surface area contributed by atoms with E-state index in [0.29, 0.717) is 52.1 Å². The number of carbonyl (C=O) groups excluding carboxylic acids is 1. The van der Waals surface area contributed by atoms with Gasteiger partial charge in [0.05, 0.1) is 34.3 Å². The molecule has 1 atom stereocenters. The molecule has 0 bridgehead atoms. The second-order valence-corrected chi connectivity index (χ2v) is 10.9. The number of amides is 1. The van der Waals surface area contributed by atoms with Crippen LogP contribution in [0.3, 0.4) is 0 Å². The highest BCUT2D eigenvalue weighted by atomic mass is 32.2. The lowest BCUT2D eigenvalue weighted by atomic mass is 10.0. The highest BCUT2D eigenvalue weighted by molar-refractivity contribution is 8.18. The van der Waals surface area contributed by atoms with Gasteiger partial charge in [0.1, 0.15) is 0 Å². The molecule has 2 aliphatic heterocycles. The van der Waals surface area contributed by atoms with Gasteiger partial charge in [-0.3, -0.25) is 14.4 Å². The van der Waals surface area contributed by atoms with E-state index in [1.54, 1.807) is 24.3 Å². The van der Waals surface area contributed by atoms with Crippen molar-refractivity contribution >= 4 is 39.8 Å². The smallest absolute Gasteiger partial charge is 0.396 e. The molecular formula is C27H25F6N5O2S. The highest BCUT2D eigenvalue weighted by Crippen LogP contribution is 2.38. The summed E-state index contributed by atoms with van der Waals surface area (Å²) in [6, 6.07) is 6.76. The number of thioether (sulfide) groups is 1. The van der Waals surface area contributed by atoms with Crippen LogP contribution in [-0.4, -0.2) is 75.1 Å². The number of amidine groups is 1.